The maximum absolute atomic E-state index is 6.75. The van der Waals surface area contributed by atoms with Crippen molar-refractivity contribution < 1.29 is 0 Å². The van der Waals surface area contributed by atoms with Gasteiger partial charge in [-0.3, -0.25) is 0 Å². The lowest BCUT2D eigenvalue weighted by Gasteiger charge is -2.30. The van der Waals surface area contributed by atoms with E-state index in [9.17, 15) is 0 Å². The summed E-state index contributed by atoms with van der Waals surface area (Å²) in [5, 5.41) is 21.2. The molecule has 198 valence electrons. The number of aliphatic imine (C=N–C) groups is 1. The maximum Gasteiger partial charge on any atom is 0.183 e. The lowest BCUT2D eigenvalue weighted by Crippen LogP contribution is -2.38. The van der Waals surface area contributed by atoms with Crippen LogP contribution in [0.5, 0.6) is 0 Å². The van der Waals surface area contributed by atoms with Gasteiger partial charge >= 0.3 is 0 Å². The predicted molar refractivity (Wildman–Crippen MR) is 155 cm³/mol. The second-order valence-electron chi connectivity index (χ2n) is 9.45. The molecule has 0 saturated carbocycles. The van der Waals surface area contributed by atoms with Gasteiger partial charge in [0.05, 0.1) is 23.0 Å². The third-order valence-electron chi connectivity index (χ3n) is 6.78. The van der Waals surface area contributed by atoms with Crippen molar-refractivity contribution in [1.82, 2.24) is 19.7 Å². The number of anilines is 2. The van der Waals surface area contributed by atoms with Crippen LogP contribution in [0.4, 0.5) is 28.7 Å². The van der Waals surface area contributed by atoms with Gasteiger partial charge in [0.2, 0.25) is 0 Å². The summed E-state index contributed by atoms with van der Waals surface area (Å²) in [5.74, 6) is 1.97. The Morgan fingerprint density at radius 1 is 1.05 bits per heavy atom. The van der Waals surface area contributed by atoms with Crippen LogP contribution in [-0.4, -0.2) is 31.3 Å². The third kappa shape index (κ3) is 4.59. The number of imidazole rings is 1. The highest BCUT2D eigenvalue weighted by Crippen LogP contribution is 2.48. The van der Waals surface area contributed by atoms with Crippen molar-refractivity contribution in [1.29, 1.82) is 0 Å². The largest absolute Gasteiger partial charge is 0.380 e. The highest BCUT2D eigenvalue weighted by molar-refractivity contribution is 6.30. The third-order valence-corrected chi connectivity index (χ3v) is 7.32. The molecule has 0 aliphatic carbocycles. The number of amidine groups is 1. The standard InChI is InChI=1S/C27H26Cl2N10/c1-3-4-10-19-31-21(24(29)32-19)23-20-15(2)36-38(18-8-6-5-7-9-18)26(20)33-27-22(25(30)37-39(23)27)35-34-17-13-11-16(28)12-14-17/h5-9,11-14,20,23H,3-4,10H2,1-2H3,(H2,30,37)(H,31,32)/t20-,23?/m1/s1. The smallest absolute Gasteiger partial charge is 0.183 e. The molecule has 2 aromatic carbocycles. The number of aromatic nitrogens is 4. The number of azo groups is 1. The first-order valence-electron chi connectivity index (χ1n) is 12.7. The van der Waals surface area contributed by atoms with Crippen molar-refractivity contribution in [2.45, 2.75) is 39.2 Å². The first-order chi connectivity index (χ1) is 18.9. The lowest BCUT2D eigenvalue weighted by atomic mass is 9.91. The van der Waals surface area contributed by atoms with Crippen molar-refractivity contribution in [3.8, 4) is 0 Å². The number of halogens is 2. The zero-order chi connectivity index (χ0) is 27.1. The van der Waals surface area contributed by atoms with E-state index < -0.39 is 6.04 Å². The molecular weight excluding hydrogens is 535 g/mol. The van der Waals surface area contributed by atoms with E-state index >= 15 is 0 Å². The quantitative estimate of drug-likeness (QED) is 0.228. The summed E-state index contributed by atoms with van der Waals surface area (Å²) in [6.07, 6.45) is 2.85. The number of rotatable bonds is 7. The van der Waals surface area contributed by atoms with Crippen LogP contribution in [0.2, 0.25) is 10.2 Å². The van der Waals surface area contributed by atoms with Crippen LogP contribution < -0.4 is 10.7 Å². The zero-order valence-electron chi connectivity index (χ0n) is 21.4. The number of hydrogen-bond acceptors (Lipinski definition) is 8. The second-order valence-corrected chi connectivity index (χ2v) is 10.2. The van der Waals surface area contributed by atoms with Crippen LogP contribution >= 0.6 is 23.2 Å². The second kappa shape index (κ2) is 10.3. The molecule has 0 fully saturated rings. The predicted octanol–water partition coefficient (Wildman–Crippen LogP) is 7.40. The highest BCUT2D eigenvalue weighted by Gasteiger charge is 2.46. The Morgan fingerprint density at radius 3 is 2.56 bits per heavy atom. The van der Waals surface area contributed by atoms with Gasteiger partial charge in [-0.15, -0.1) is 5.11 Å². The number of unbranched alkanes of at least 4 members (excludes halogenated alkanes) is 1. The maximum atomic E-state index is 6.75. The Bertz CT molecular complexity index is 1600. The van der Waals surface area contributed by atoms with E-state index in [0.717, 1.165) is 48.0 Å². The number of nitrogens with zero attached hydrogens (tertiary/aromatic N) is 8. The monoisotopic (exact) mass is 560 g/mol. The van der Waals surface area contributed by atoms with E-state index in [4.69, 9.17) is 39.0 Å². The normalized spacial score (nSPS) is 18.3. The summed E-state index contributed by atoms with van der Waals surface area (Å²) < 4.78 is 1.76. The van der Waals surface area contributed by atoms with Crippen molar-refractivity contribution in [2.24, 2.45) is 26.2 Å². The molecule has 4 aromatic rings. The number of para-hydroxylation sites is 1. The Morgan fingerprint density at radius 2 is 1.82 bits per heavy atom. The summed E-state index contributed by atoms with van der Waals surface area (Å²) >= 11 is 12.8. The van der Waals surface area contributed by atoms with Crippen molar-refractivity contribution >= 4 is 63.4 Å². The van der Waals surface area contributed by atoms with Crippen LogP contribution in [0.1, 0.15) is 44.2 Å². The zero-order valence-corrected chi connectivity index (χ0v) is 22.9. The number of benzene rings is 2. The molecule has 2 atom stereocenters. The number of aryl methyl sites for hydroxylation is 1. The number of aromatic amines is 1. The average Bonchev–Trinajstić information content (AvgIpc) is 3.58. The fourth-order valence-electron chi connectivity index (χ4n) is 4.89. The van der Waals surface area contributed by atoms with Crippen LogP contribution in [-0.2, 0) is 6.42 Å². The van der Waals surface area contributed by atoms with E-state index in [2.05, 4.69) is 32.2 Å². The van der Waals surface area contributed by atoms with Gasteiger partial charge in [0.15, 0.2) is 22.5 Å². The average molecular weight is 561 g/mol. The number of H-pyrrole nitrogens is 1. The fraction of sp³-hybridized carbons (Fsp3) is 0.259. The van der Waals surface area contributed by atoms with Gasteiger partial charge in [-0.1, -0.05) is 54.7 Å². The summed E-state index contributed by atoms with van der Waals surface area (Å²) in [6, 6.07) is 16.5. The number of hydrazone groups is 1. The minimum absolute atomic E-state index is 0.208. The molecule has 0 bridgehead atoms. The summed E-state index contributed by atoms with van der Waals surface area (Å²) in [6.45, 7) is 4.13. The lowest BCUT2D eigenvalue weighted by molar-refractivity contribution is 0.479. The molecule has 39 heavy (non-hydrogen) atoms. The molecule has 2 aromatic heterocycles. The molecule has 0 spiro atoms. The van der Waals surface area contributed by atoms with Gasteiger partial charge in [0, 0.05) is 17.2 Å². The first kappa shape index (κ1) is 25.3. The van der Waals surface area contributed by atoms with Crippen LogP contribution in [0, 0.1) is 5.92 Å². The molecule has 4 heterocycles. The SMILES string of the molecule is CCCCc1nc(Cl)c(C2[C@H]3C(C)=NN(c4ccccc4)C3=Nc3c(N=Nc4ccc(Cl)cc4)c(N)nn32)[nH]1. The van der Waals surface area contributed by atoms with E-state index in [-0.39, 0.29) is 11.7 Å². The van der Waals surface area contributed by atoms with Gasteiger partial charge in [0.1, 0.15) is 17.7 Å². The Kier molecular flexibility index (Phi) is 6.66. The fourth-order valence-corrected chi connectivity index (χ4v) is 5.28. The number of nitrogen functional groups attached to an aromatic ring is 1. The number of nitrogens with one attached hydrogen (secondary N) is 1. The molecular formula is C27H26Cl2N10. The van der Waals surface area contributed by atoms with Crippen LogP contribution in [0.25, 0.3) is 0 Å². The molecule has 10 nitrogen and oxygen atoms in total. The number of fused-ring (bicyclic) bond motifs is 2. The minimum Gasteiger partial charge on any atom is -0.380 e. The van der Waals surface area contributed by atoms with Crippen molar-refractivity contribution in [3.63, 3.8) is 0 Å². The van der Waals surface area contributed by atoms with E-state index in [1.165, 1.54) is 0 Å². The van der Waals surface area contributed by atoms with Crippen molar-refractivity contribution in [3.05, 3.63) is 76.3 Å². The molecule has 2 aliphatic rings. The summed E-state index contributed by atoms with van der Waals surface area (Å²) in [4.78, 5) is 13.1. The van der Waals surface area contributed by atoms with Crippen LogP contribution in [0.3, 0.4) is 0 Å². The molecule has 0 saturated heterocycles. The van der Waals surface area contributed by atoms with Gasteiger partial charge in [-0.25, -0.2) is 19.7 Å². The Hall–Kier alpha value is -4.02. The van der Waals surface area contributed by atoms with Gasteiger partial charge in [-0.2, -0.15) is 15.3 Å². The number of hydrogen-bond donors (Lipinski definition) is 2. The molecule has 2 aliphatic heterocycles. The van der Waals surface area contributed by atoms with Crippen molar-refractivity contribution in [2.75, 3.05) is 10.7 Å². The van der Waals surface area contributed by atoms with E-state index in [1.54, 1.807) is 28.9 Å². The Balaban J connectivity index is 1.50. The molecule has 3 N–H and O–H groups in total. The Labute approximate surface area is 235 Å². The number of nitrogens with two attached hydrogens (primary N) is 1. The summed E-state index contributed by atoms with van der Waals surface area (Å²) in [5.41, 5.74) is 9.89. The van der Waals surface area contributed by atoms with E-state index in [1.807, 2.05) is 42.3 Å². The van der Waals surface area contributed by atoms with Gasteiger partial charge in [0.25, 0.3) is 0 Å². The first-order valence-corrected chi connectivity index (χ1v) is 13.5. The summed E-state index contributed by atoms with van der Waals surface area (Å²) in [7, 11) is 0. The molecule has 1 unspecified atom stereocenters. The van der Waals surface area contributed by atoms with Gasteiger partial charge < -0.3 is 10.7 Å². The molecule has 0 radical (unpaired) electrons. The topological polar surface area (TPSA) is 125 Å². The molecule has 0 amide bonds. The van der Waals surface area contributed by atoms with E-state index in [0.29, 0.717) is 27.4 Å². The molecule has 12 heteroatoms. The minimum atomic E-state index is -0.415. The highest BCUT2D eigenvalue weighted by atomic mass is 35.5. The van der Waals surface area contributed by atoms with Gasteiger partial charge in [-0.05, 0) is 49.7 Å². The molecule has 6 rings (SSSR count). The van der Waals surface area contributed by atoms with Crippen LogP contribution in [0.15, 0.2) is 74.9 Å².